The number of aromatic nitrogens is 2. The van der Waals surface area contributed by atoms with Gasteiger partial charge in [-0.2, -0.15) is 9.40 Å². The van der Waals surface area contributed by atoms with E-state index in [0.29, 0.717) is 13.0 Å². The van der Waals surface area contributed by atoms with Crippen LogP contribution in [0.1, 0.15) is 20.3 Å². The second kappa shape index (κ2) is 4.31. The Kier molecular flexibility index (Phi) is 3.23. The van der Waals surface area contributed by atoms with Crippen molar-refractivity contribution in [1.82, 2.24) is 14.1 Å². The van der Waals surface area contributed by atoms with Crippen LogP contribution in [0.2, 0.25) is 0 Å². The third-order valence-electron chi connectivity index (χ3n) is 3.54. The fourth-order valence-electron chi connectivity index (χ4n) is 1.99. The molecule has 0 amide bonds. The van der Waals surface area contributed by atoms with E-state index in [-0.39, 0.29) is 11.4 Å². The molecule has 1 saturated heterocycles. The Balaban J connectivity index is 2.23. The third kappa shape index (κ3) is 2.29. The number of nitrogens with zero attached hydrogens (tertiary/aromatic N) is 3. The molecule has 1 aliphatic heterocycles. The van der Waals surface area contributed by atoms with Crippen molar-refractivity contribution in [3.8, 4) is 0 Å². The summed E-state index contributed by atoms with van der Waals surface area (Å²) in [5.41, 5.74) is -0.457. The first-order chi connectivity index (χ1) is 8.23. The summed E-state index contributed by atoms with van der Waals surface area (Å²) in [6, 6.07) is 0. The smallest absolute Gasteiger partial charge is 0.246 e. The lowest BCUT2D eigenvalue weighted by atomic mass is 9.82. The predicted octanol–water partition coefficient (Wildman–Crippen LogP) is 1.18. The maximum absolute atomic E-state index is 13.9. The molecule has 0 spiro atoms. The van der Waals surface area contributed by atoms with Crippen molar-refractivity contribution in [1.29, 1.82) is 0 Å². The second-order valence-corrected chi connectivity index (χ2v) is 7.36. The van der Waals surface area contributed by atoms with Gasteiger partial charge in [-0.15, -0.1) is 0 Å². The van der Waals surface area contributed by atoms with Crippen LogP contribution in [0.4, 0.5) is 4.39 Å². The average molecular weight is 275 g/mol. The van der Waals surface area contributed by atoms with E-state index in [1.807, 2.05) is 13.8 Å². The highest BCUT2D eigenvalue weighted by Crippen LogP contribution is 2.34. The molecule has 0 bridgehead atoms. The lowest BCUT2D eigenvalue weighted by Crippen LogP contribution is -2.48. The number of aryl methyl sites for hydroxylation is 1. The molecule has 18 heavy (non-hydrogen) atoms. The zero-order chi connectivity index (χ0) is 13.6. The molecule has 2 rings (SSSR count). The molecule has 1 aromatic heterocycles. The van der Waals surface area contributed by atoms with Crippen LogP contribution < -0.4 is 0 Å². The summed E-state index contributed by atoms with van der Waals surface area (Å²) in [4.78, 5) is 0.122. The fourth-order valence-corrected chi connectivity index (χ4v) is 3.41. The number of alkyl halides is 1. The molecule has 1 fully saturated rings. The number of piperidine rings is 1. The number of hydrogen-bond acceptors (Lipinski definition) is 3. The molecule has 0 aromatic carbocycles. The van der Waals surface area contributed by atoms with Crippen molar-refractivity contribution in [2.24, 2.45) is 12.5 Å². The quantitative estimate of drug-likeness (QED) is 0.814. The van der Waals surface area contributed by atoms with Gasteiger partial charge in [-0.3, -0.25) is 4.68 Å². The summed E-state index contributed by atoms with van der Waals surface area (Å²) in [6.45, 7) is 3.92. The zero-order valence-corrected chi connectivity index (χ0v) is 11.6. The van der Waals surface area contributed by atoms with Crippen molar-refractivity contribution in [2.45, 2.75) is 31.3 Å². The highest BCUT2D eigenvalue weighted by atomic mass is 32.2. The number of hydrogen-bond donors (Lipinski definition) is 0. The van der Waals surface area contributed by atoms with E-state index in [9.17, 15) is 12.8 Å². The Bertz CT molecular complexity index is 538. The van der Waals surface area contributed by atoms with Gasteiger partial charge in [-0.1, -0.05) is 13.8 Å². The molecule has 1 atom stereocenters. The highest BCUT2D eigenvalue weighted by molar-refractivity contribution is 7.89. The maximum atomic E-state index is 13.9. The first kappa shape index (κ1) is 13.5. The molecule has 102 valence electrons. The standard InChI is InChI=1S/C11H18FN3O2S/c1-11(2)4-5-15(8-10(11)12)18(16,17)9-6-13-14(3)7-9/h6-7,10H,4-5,8H2,1-3H3/t10-/m1/s1. The number of sulfonamides is 1. The molecule has 0 saturated carbocycles. The number of halogens is 1. The van der Waals surface area contributed by atoms with E-state index in [4.69, 9.17) is 0 Å². The molecule has 2 heterocycles. The van der Waals surface area contributed by atoms with E-state index in [1.165, 1.54) is 21.4 Å². The van der Waals surface area contributed by atoms with Crippen molar-refractivity contribution in [3.05, 3.63) is 12.4 Å². The minimum atomic E-state index is -3.61. The first-order valence-electron chi connectivity index (χ1n) is 5.86. The van der Waals surface area contributed by atoms with Crippen molar-refractivity contribution >= 4 is 10.0 Å². The van der Waals surface area contributed by atoms with Crippen molar-refractivity contribution < 1.29 is 12.8 Å². The summed E-state index contributed by atoms with van der Waals surface area (Å²) in [5, 5.41) is 3.84. The highest BCUT2D eigenvalue weighted by Gasteiger charge is 2.40. The van der Waals surface area contributed by atoms with E-state index in [1.54, 1.807) is 7.05 Å². The molecule has 7 heteroatoms. The molecule has 1 aromatic rings. The van der Waals surface area contributed by atoms with Crippen LogP contribution in [-0.4, -0.2) is 41.8 Å². The summed E-state index contributed by atoms with van der Waals surface area (Å²) < 4.78 is 41.1. The Morgan fingerprint density at radius 1 is 1.50 bits per heavy atom. The lowest BCUT2D eigenvalue weighted by Gasteiger charge is -2.38. The lowest BCUT2D eigenvalue weighted by molar-refractivity contribution is 0.0669. The van der Waals surface area contributed by atoms with Gasteiger partial charge in [0, 0.05) is 26.3 Å². The van der Waals surface area contributed by atoms with Gasteiger partial charge in [0.2, 0.25) is 10.0 Å². The van der Waals surface area contributed by atoms with Crippen LogP contribution >= 0.6 is 0 Å². The molecule has 0 aliphatic carbocycles. The van der Waals surface area contributed by atoms with Gasteiger partial charge in [0.1, 0.15) is 11.1 Å². The fraction of sp³-hybridized carbons (Fsp3) is 0.727. The van der Waals surface area contributed by atoms with E-state index in [2.05, 4.69) is 5.10 Å². The Morgan fingerprint density at radius 2 is 2.17 bits per heavy atom. The van der Waals surface area contributed by atoms with Gasteiger partial charge >= 0.3 is 0 Å². The van der Waals surface area contributed by atoms with E-state index >= 15 is 0 Å². The minimum Gasteiger partial charge on any atom is -0.274 e. The monoisotopic (exact) mass is 275 g/mol. The maximum Gasteiger partial charge on any atom is 0.246 e. The zero-order valence-electron chi connectivity index (χ0n) is 10.8. The Morgan fingerprint density at radius 3 is 2.67 bits per heavy atom. The van der Waals surface area contributed by atoms with Crippen LogP contribution in [0.3, 0.4) is 0 Å². The van der Waals surface area contributed by atoms with Crippen LogP contribution in [0.15, 0.2) is 17.3 Å². The van der Waals surface area contributed by atoms with E-state index < -0.39 is 21.6 Å². The topological polar surface area (TPSA) is 55.2 Å². The van der Waals surface area contributed by atoms with Gasteiger partial charge < -0.3 is 0 Å². The van der Waals surface area contributed by atoms with Crippen LogP contribution in [0.25, 0.3) is 0 Å². The van der Waals surface area contributed by atoms with Crippen LogP contribution in [0.5, 0.6) is 0 Å². The Hall–Kier alpha value is -0.950. The molecule has 5 nitrogen and oxygen atoms in total. The van der Waals surface area contributed by atoms with E-state index in [0.717, 1.165) is 0 Å². The summed E-state index contributed by atoms with van der Waals surface area (Å²) in [5.74, 6) is 0. The van der Waals surface area contributed by atoms with Crippen molar-refractivity contribution in [3.63, 3.8) is 0 Å². The molecule has 1 aliphatic rings. The molecule has 0 radical (unpaired) electrons. The minimum absolute atomic E-state index is 0.0791. The average Bonchev–Trinajstić information content (AvgIpc) is 2.69. The first-order valence-corrected chi connectivity index (χ1v) is 7.30. The second-order valence-electron chi connectivity index (χ2n) is 5.42. The molecule has 0 N–H and O–H groups in total. The van der Waals surface area contributed by atoms with Crippen LogP contribution in [-0.2, 0) is 17.1 Å². The largest absolute Gasteiger partial charge is 0.274 e. The third-order valence-corrected chi connectivity index (χ3v) is 5.35. The molecule has 0 unspecified atom stereocenters. The Labute approximate surface area is 107 Å². The number of rotatable bonds is 2. The van der Waals surface area contributed by atoms with Gasteiger partial charge in [0.25, 0.3) is 0 Å². The summed E-state index contributed by atoms with van der Waals surface area (Å²) in [7, 11) is -1.97. The van der Waals surface area contributed by atoms with Crippen LogP contribution in [0, 0.1) is 5.41 Å². The van der Waals surface area contributed by atoms with Crippen molar-refractivity contribution in [2.75, 3.05) is 13.1 Å². The predicted molar refractivity (Wildman–Crippen MR) is 65.3 cm³/mol. The molecular formula is C11H18FN3O2S. The van der Waals surface area contributed by atoms with Gasteiger partial charge in [-0.05, 0) is 11.8 Å². The van der Waals surface area contributed by atoms with Gasteiger partial charge in [0.05, 0.1) is 6.20 Å². The summed E-state index contributed by atoms with van der Waals surface area (Å²) >= 11 is 0. The molecular weight excluding hydrogens is 257 g/mol. The normalized spacial score (nSPS) is 25.2. The van der Waals surface area contributed by atoms with Gasteiger partial charge in [-0.25, -0.2) is 12.8 Å². The SMILES string of the molecule is Cn1cc(S(=O)(=O)N2CCC(C)(C)[C@H](F)C2)cn1. The van der Waals surface area contributed by atoms with Gasteiger partial charge in [0.15, 0.2) is 0 Å². The summed E-state index contributed by atoms with van der Waals surface area (Å²) in [6.07, 6.45) is 2.11.